The lowest BCUT2D eigenvalue weighted by Gasteiger charge is -2.19. The van der Waals surface area contributed by atoms with Gasteiger partial charge in [0.1, 0.15) is 11.4 Å². The van der Waals surface area contributed by atoms with E-state index in [4.69, 9.17) is 9.47 Å². The summed E-state index contributed by atoms with van der Waals surface area (Å²) in [5.41, 5.74) is -0.518. The van der Waals surface area contributed by atoms with Gasteiger partial charge in [-0.1, -0.05) is 18.2 Å². The highest BCUT2D eigenvalue weighted by molar-refractivity contribution is 5.72. The number of hydrogen-bond acceptors (Lipinski definition) is 4. The van der Waals surface area contributed by atoms with E-state index in [1.807, 2.05) is 6.07 Å². The molecule has 1 N–H and O–H groups in total. The predicted octanol–water partition coefficient (Wildman–Crippen LogP) is 2.90. The summed E-state index contributed by atoms with van der Waals surface area (Å²) in [7, 11) is 0. The van der Waals surface area contributed by atoms with Crippen LogP contribution in [0.3, 0.4) is 0 Å². The molecule has 0 unspecified atom stereocenters. The molecule has 1 aromatic rings. The van der Waals surface area contributed by atoms with Crippen LogP contribution in [0.2, 0.25) is 0 Å². The van der Waals surface area contributed by atoms with E-state index in [-0.39, 0.29) is 12.4 Å². The molecule has 0 spiro atoms. The van der Waals surface area contributed by atoms with E-state index in [1.54, 1.807) is 45.0 Å². The number of rotatable bonds is 5. The van der Waals surface area contributed by atoms with Crippen LogP contribution in [0.25, 0.3) is 0 Å². The number of hydrogen-bond donors (Lipinski definition) is 1. The van der Waals surface area contributed by atoms with Crippen LogP contribution < -0.4 is 10.1 Å². The summed E-state index contributed by atoms with van der Waals surface area (Å²) in [6.07, 6.45) is 0.268. The van der Waals surface area contributed by atoms with Crippen molar-refractivity contribution in [3.63, 3.8) is 0 Å². The van der Waals surface area contributed by atoms with Gasteiger partial charge in [0.05, 0.1) is 0 Å². The Balaban J connectivity index is 2.15. The molecular formula is C15H21NO4. The molecule has 0 aliphatic heterocycles. The number of amides is 1. The van der Waals surface area contributed by atoms with E-state index in [0.29, 0.717) is 18.7 Å². The monoisotopic (exact) mass is 279 g/mol. The number of carbonyl (C=O) groups is 2. The molecule has 0 bridgehead atoms. The van der Waals surface area contributed by atoms with Crippen LogP contribution >= 0.6 is 0 Å². The first kappa shape index (κ1) is 16.0. The van der Waals surface area contributed by atoms with E-state index in [1.165, 1.54) is 0 Å². The van der Waals surface area contributed by atoms with Crippen molar-refractivity contribution in [2.45, 2.75) is 39.2 Å². The van der Waals surface area contributed by atoms with Crippen LogP contribution in [0.1, 0.15) is 33.6 Å². The molecule has 0 aliphatic carbocycles. The maximum Gasteiger partial charge on any atom is 0.407 e. The van der Waals surface area contributed by atoms with Crippen LogP contribution in [0, 0.1) is 0 Å². The minimum absolute atomic E-state index is 0.241. The van der Waals surface area contributed by atoms with Gasteiger partial charge in [0, 0.05) is 13.0 Å². The third-order valence-electron chi connectivity index (χ3n) is 2.20. The highest BCUT2D eigenvalue weighted by Gasteiger charge is 2.15. The third kappa shape index (κ3) is 7.41. The quantitative estimate of drug-likeness (QED) is 0.511. The Labute approximate surface area is 119 Å². The topological polar surface area (TPSA) is 64.6 Å². The molecule has 1 rings (SSSR count). The second-order valence-electron chi connectivity index (χ2n) is 5.32. The van der Waals surface area contributed by atoms with E-state index >= 15 is 0 Å². The van der Waals surface area contributed by atoms with E-state index < -0.39 is 11.7 Å². The molecule has 5 heteroatoms. The number of carbonyl (C=O) groups excluding carboxylic acids is 2. The number of alkyl carbamates (subject to hydrolysis) is 1. The minimum Gasteiger partial charge on any atom is -0.444 e. The first-order valence-electron chi connectivity index (χ1n) is 6.59. The van der Waals surface area contributed by atoms with Crippen molar-refractivity contribution in [3.8, 4) is 5.75 Å². The predicted molar refractivity (Wildman–Crippen MR) is 75.5 cm³/mol. The third-order valence-corrected chi connectivity index (χ3v) is 2.20. The zero-order valence-corrected chi connectivity index (χ0v) is 12.1. The SMILES string of the molecule is CC(C)(C)OC(=O)NCCCC(=O)Oc1ccccc1. The summed E-state index contributed by atoms with van der Waals surface area (Å²) in [6, 6.07) is 8.88. The van der Waals surface area contributed by atoms with Crippen LogP contribution in [0.4, 0.5) is 4.79 Å². The Kier molecular flexibility index (Phi) is 6.03. The van der Waals surface area contributed by atoms with Crippen molar-refractivity contribution >= 4 is 12.1 Å². The smallest absolute Gasteiger partial charge is 0.407 e. The largest absolute Gasteiger partial charge is 0.444 e. The van der Waals surface area contributed by atoms with Crippen molar-refractivity contribution < 1.29 is 19.1 Å². The van der Waals surface area contributed by atoms with Gasteiger partial charge >= 0.3 is 12.1 Å². The van der Waals surface area contributed by atoms with Crippen LogP contribution in [0.5, 0.6) is 5.75 Å². The Morgan fingerprint density at radius 2 is 1.80 bits per heavy atom. The molecule has 0 saturated heterocycles. The maximum atomic E-state index is 11.5. The fourth-order valence-electron chi connectivity index (χ4n) is 1.41. The molecule has 0 heterocycles. The second kappa shape index (κ2) is 7.53. The van der Waals surface area contributed by atoms with Gasteiger partial charge in [-0.2, -0.15) is 0 Å². The molecule has 0 aromatic heterocycles. The van der Waals surface area contributed by atoms with Gasteiger partial charge in [-0.05, 0) is 39.3 Å². The average Bonchev–Trinajstić information content (AvgIpc) is 2.34. The Hall–Kier alpha value is -2.04. The Bertz CT molecular complexity index is 437. The summed E-state index contributed by atoms with van der Waals surface area (Å²) < 4.78 is 10.2. The number of para-hydroxylation sites is 1. The molecule has 20 heavy (non-hydrogen) atoms. The van der Waals surface area contributed by atoms with Gasteiger partial charge in [-0.15, -0.1) is 0 Å². The molecule has 0 atom stereocenters. The molecule has 1 amide bonds. The number of esters is 1. The first-order valence-corrected chi connectivity index (χ1v) is 6.59. The van der Waals surface area contributed by atoms with Crippen molar-refractivity contribution in [1.29, 1.82) is 0 Å². The maximum absolute atomic E-state index is 11.5. The summed E-state index contributed by atoms with van der Waals surface area (Å²) >= 11 is 0. The summed E-state index contributed by atoms with van der Waals surface area (Å²) in [4.78, 5) is 22.9. The standard InChI is InChI=1S/C15H21NO4/c1-15(2,3)20-14(18)16-11-7-10-13(17)19-12-8-5-4-6-9-12/h4-6,8-9H,7,10-11H2,1-3H3,(H,16,18). The van der Waals surface area contributed by atoms with Crippen molar-refractivity contribution in [1.82, 2.24) is 5.32 Å². The van der Waals surface area contributed by atoms with E-state index in [0.717, 1.165) is 0 Å². The van der Waals surface area contributed by atoms with Gasteiger partial charge in [0.2, 0.25) is 0 Å². The summed E-state index contributed by atoms with van der Waals surface area (Å²) in [5.74, 6) is 0.208. The summed E-state index contributed by atoms with van der Waals surface area (Å²) in [5, 5.41) is 2.59. The van der Waals surface area contributed by atoms with Crippen molar-refractivity contribution in [2.75, 3.05) is 6.54 Å². The molecule has 110 valence electrons. The number of ether oxygens (including phenoxy) is 2. The highest BCUT2D eigenvalue weighted by atomic mass is 16.6. The van der Waals surface area contributed by atoms with E-state index in [9.17, 15) is 9.59 Å². The van der Waals surface area contributed by atoms with E-state index in [2.05, 4.69) is 5.32 Å². The number of nitrogens with one attached hydrogen (secondary N) is 1. The molecule has 0 radical (unpaired) electrons. The van der Waals surface area contributed by atoms with Gasteiger partial charge in [-0.25, -0.2) is 4.79 Å². The lowest BCUT2D eigenvalue weighted by atomic mass is 10.2. The zero-order valence-electron chi connectivity index (χ0n) is 12.1. The van der Waals surface area contributed by atoms with Crippen LogP contribution in [-0.4, -0.2) is 24.2 Å². The normalized spacial score (nSPS) is 10.8. The molecular weight excluding hydrogens is 258 g/mol. The lowest BCUT2D eigenvalue weighted by Crippen LogP contribution is -2.33. The lowest BCUT2D eigenvalue weighted by molar-refractivity contribution is -0.134. The second-order valence-corrected chi connectivity index (χ2v) is 5.32. The first-order chi connectivity index (χ1) is 9.37. The van der Waals surface area contributed by atoms with Crippen molar-refractivity contribution in [3.05, 3.63) is 30.3 Å². The molecule has 5 nitrogen and oxygen atoms in total. The molecule has 1 aromatic carbocycles. The van der Waals surface area contributed by atoms with Gasteiger partial charge in [-0.3, -0.25) is 4.79 Å². The van der Waals surface area contributed by atoms with Gasteiger partial charge < -0.3 is 14.8 Å². The summed E-state index contributed by atoms with van der Waals surface area (Å²) in [6.45, 7) is 5.76. The highest BCUT2D eigenvalue weighted by Crippen LogP contribution is 2.09. The molecule has 0 aliphatic rings. The van der Waals surface area contributed by atoms with Crippen molar-refractivity contribution in [2.24, 2.45) is 0 Å². The fourth-order valence-corrected chi connectivity index (χ4v) is 1.41. The average molecular weight is 279 g/mol. The van der Waals surface area contributed by atoms with Gasteiger partial charge in [0.25, 0.3) is 0 Å². The Morgan fingerprint density at radius 1 is 1.15 bits per heavy atom. The van der Waals surface area contributed by atoms with Crippen LogP contribution in [0.15, 0.2) is 30.3 Å². The van der Waals surface area contributed by atoms with Crippen LogP contribution in [-0.2, 0) is 9.53 Å². The Morgan fingerprint density at radius 3 is 2.40 bits per heavy atom. The minimum atomic E-state index is -0.518. The fraction of sp³-hybridized carbons (Fsp3) is 0.467. The molecule has 0 fully saturated rings. The molecule has 0 saturated carbocycles. The number of benzene rings is 1. The zero-order chi connectivity index (χ0) is 15.0. The van der Waals surface area contributed by atoms with Gasteiger partial charge in [0.15, 0.2) is 0 Å².